The molecule has 0 saturated carbocycles. The molecule has 0 aliphatic carbocycles. The second-order valence-electron chi connectivity index (χ2n) is 3.84. The molecule has 15 heavy (non-hydrogen) atoms. The summed E-state index contributed by atoms with van der Waals surface area (Å²) in [6.45, 7) is 1.53. The molecule has 1 saturated heterocycles. The van der Waals surface area contributed by atoms with Crippen LogP contribution in [0, 0.1) is 5.82 Å². The van der Waals surface area contributed by atoms with Crippen LogP contribution in [0.5, 0.6) is 0 Å². The Morgan fingerprint density at radius 1 is 1.53 bits per heavy atom. The van der Waals surface area contributed by atoms with E-state index >= 15 is 0 Å². The molecule has 1 fully saturated rings. The highest BCUT2D eigenvalue weighted by molar-refractivity contribution is 5.40. The highest BCUT2D eigenvalue weighted by atomic mass is 19.1. The molecule has 3 nitrogen and oxygen atoms in total. The lowest BCUT2D eigenvalue weighted by Crippen LogP contribution is -1.96. The minimum absolute atomic E-state index is 0.248. The molecule has 0 bridgehead atoms. The summed E-state index contributed by atoms with van der Waals surface area (Å²) in [5, 5.41) is 0. The number of imidazole rings is 1. The van der Waals surface area contributed by atoms with Crippen LogP contribution in [0.3, 0.4) is 0 Å². The summed E-state index contributed by atoms with van der Waals surface area (Å²) in [4.78, 5) is 4.40. The molecule has 0 N–H and O–H groups in total. The Kier molecular flexibility index (Phi) is 1.95. The lowest BCUT2D eigenvalue weighted by molar-refractivity contribution is 0.193. The number of ether oxygens (including phenoxy) is 1. The molecule has 0 unspecified atom stereocenters. The van der Waals surface area contributed by atoms with Crippen molar-refractivity contribution in [2.45, 2.75) is 12.3 Å². The first-order valence-corrected chi connectivity index (χ1v) is 5.05. The maximum absolute atomic E-state index is 12.9. The fraction of sp³-hybridized carbons (Fsp3) is 0.364. The number of halogens is 1. The van der Waals surface area contributed by atoms with E-state index < -0.39 is 0 Å². The van der Waals surface area contributed by atoms with Gasteiger partial charge in [-0.15, -0.1) is 0 Å². The number of rotatable bonds is 1. The zero-order chi connectivity index (χ0) is 10.3. The van der Waals surface area contributed by atoms with Crippen molar-refractivity contribution in [3.8, 4) is 0 Å². The van der Waals surface area contributed by atoms with E-state index in [4.69, 9.17) is 4.74 Å². The first kappa shape index (κ1) is 8.85. The van der Waals surface area contributed by atoms with Crippen LogP contribution < -0.4 is 0 Å². The van der Waals surface area contributed by atoms with Crippen LogP contribution in [0.2, 0.25) is 0 Å². The van der Waals surface area contributed by atoms with Gasteiger partial charge in [-0.05, 0) is 12.5 Å². The Bertz CT molecular complexity index is 488. The van der Waals surface area contributed by atoms with Gasteiger partial charge < -0.3 is 9.14 Å². The fourth-order valence-corrected chi connectivity index (χ4v) is 1.94. The summed E-state index contributed by atoms with van der Waals surface area (Å²) in [6.07, 6.45) is 4.65. The zero-order valence-electron chi connectivity index (χ0n) is 8.19. The number of nitrogens with zero attached hydrogens (tertiary/aromatic N) is 2. The fourth-order valence-electron chi connectivity index (χ4n) is 1.94. The smallest absolute Gasteiger partial charge is 0.139 e. The van der Waals surface area contributed by atoms with Gasteiger partial charge in [-0.25, -0.2) is 9.37 Å². The Morgan fingerprint density at radius 2 is 2.47 bits per heavy atom. The van der Waals surface area contributed by atoms with Gasteiger partial charge in [0.15, 0.2) is 0 Å². The van der Waals surface area contributed by atoms with Crippen LogP contribution in [0.15, 0.2) is 24.5 Å². The van der Waals surface area contributed by atoms with Crippen LogP contribution in [-0.2, 0) is 4.74 Å². The summed E-state index contributed by atoms with van der Waals surface area (Å²) in [5.41, 5.74) is 1.66. The van der Waals surface area contributed by atoms with E-state index in [1.54, 1.807) is 6.20 Å². The summed E-state index contributed by atoms with van der Waals surface area (Å²) >= 11 is 0. The number of hydrogen-bond acceptors (Lipinski definition) is 2. The van der Waals surface area contributed by atoms with Crippen LogP contribution in [0.4, 0.5) is 4.39 Å². The molecule has 3 rings (SSSR count). The quantitative estimate of drug-likeness (QED) is 0.713. The third kappa shape index (κ3) is 1.51. The molecule has 0 spiro atoms. The molecule has 4 heteroatoms. The topological polar surface area (TPSA) is 26.5 Å². The van der Waals surface area contributed by atoms with E-state index in [9.17, 15) is 4.39 Å². The number of pyridine rings is 1. The normalized spacial score (nSPS) is 21.3. The third-order valence-electron chi connectivity index (χ3n) is 2.79. The molecule has 0 aromatic carbocycles. The lowest BCUT2D eigenvalue weighted by Gasteiger charge is -2.00. The monoisotopic (exact) mass is 206 g/mol. The van der Waals surface area contributed by atoms with E-state index in [0.717, 1.165) is 25.3 Å². The predicted molar refractivity (Wildman–Crippen MR) is 53.3 cm³/mol. The highest BCUT2D eigenvalue weighted by Gasteiger charge is 2.20. The molecule has 2 aromatic heterocycles. The van der Waals surface area contributed by atoms with Gasteiger partial charge in [-0.2, -0.15) is 0 Å². The van der Waals surface area contributed by atoms with Crippen molar-refractivity contribution in [2.24, 2.45) is 0 Å². The third-order valence-corrected chi connectivity index (χ3v) is 2.79. The zero-order valence-corrected chi connectivity index (χ0v) is 8.19. The van der Waals surface area contributed by atoms with Gasteiger partial charge in [0, 0.05) is 31.0 Å². The Hall–Kier alpha value is -1.42. The number of hydrogen-bond donors (Lipinski definition) is 0. The van der Waals surface area contributed by atoms with Crippen LogP contribution in [-0.4, -0.2) is 22.6 Å². The maximum atomic E-state index is 12.9. The van der Waals surface area contributed by atoms with E-state index in [2.05, 4.69) is 4.98 Å². The van der Waals surface area contributed by atoms with Gasteiger partial charge in [-0.3, -0.25) is 0 Å². The maximum Gasteiger partial charge on any atom is 0.139 e. The Morgan fingerprint density at radius 3 is 3.27 bits per heavy atom. The highest BCUT2D eigenvalue weighted by Crippen LogP contribution is 2.24. The van der Waals surface area contributed by atoms with Gasteiger partial charge in [-0.1, -0.05) is 0 Å². The molecular weight excluding hydrogens is 195 g/mol. The summed E-state index contributed by atoms with van der Waals surface area (Å²) in [7, 11) is 0. The van der Waals surface area contributed by atoms with E-state index in [-0.39, 0.29) is 5.82 Å². The van der Waals surface area contributed by atoms with Gasteiger partial charge in [0.1, 0.15) is 11.5 Å². The molecule has 3 heterocycles. The van der Waals surface area contributed by atoms with Crippen LogP contribution in [0.25, 0.3) is 5.65 Å². The van der Waals surface area contributed by atoms with Crippen molar-refractivity contribution < 1.29 is 9.13 Å². The first-order chi connectivity index (χ1) is 7.33. The van der Waals surface area contributed by atoms with Crippen molar-refractivity contribution >= 4 is 5.65 Å². The Labute approximate surface area is 86.5 Å². The number of fused-ring (bicyclic) bond motifs is 1. The molecular formula is C11H11FN2O. The number of aromatic nitrogens is 2. The van der Waals surface area contributed by atoms with E-state index in [0.29, 0.717) is 11.6 Å². The van der Waals surface area contributed by atoms with Crippen molar-refractivity contribution in [3.63, 3.8) is 0 Å². The summed E-state index contributed by atoms with van der Waals surface area (Å²) < 4.78 is 20.1. The molecule has 0 amide bonds. The largest absolute Gasteiger partial charge is 0.381 e. The SMILES string of the molecule is Fc1ccn2cc([C@@H]3CCOC3)nc2c1. The minimum Gasteiger partial charge on any atom is -0.381 e. The Balaban J connectivity index is 2.05. The second kappa shape index (κ2) is 3.31. The predicted octanol–water partition coefficient (Wildman–Crippen LogP) is 1.98. The van der Waals surface area contributed by atoms with Gasteiger partial charge in [0.25, 0.3) is 0 Å². The molecule has 1 atom stereocenters. The second-order valence-corrected chi connectivity index (χ2v) is 3.84. The van der Waals surface area contributed by atoms with Gasteiger partial charge in [0.05, 0.1) is 12.3 Å². The van der Waals surface area contributed by atoms with Crippen molar-refractivity contribution in [2.75, 3.05) is 13.2 Å². The summed E-state index contributed by atoms with van der Waals surface area (Å²) in [6, 6.07) is 2.88. The average Bonchev–Trinajstić information content (AvgIpc) is 2.84. The van der Waals surface area contributed by atoms with Crippen molar-refractivity contribution in [1.82, 2.24) is 9.38 Å². The molecule has 78 valence electrons. The summed E-state index contributed by atoms with van der Waals surface area (Å²) in [5.74, 6) is 0.121. The molecule has 2 aromatic rings. The van der Waals surface area contributed by atoms with E-state index in [1.807, 2.05) is 10.6 Å². The lowest BCUT2D eigenvalue weighted by atomic mass is 10.1. The standard InChI is InChI=1S/C11H11FN2O/c12-9-1-3-14-6-10(13-11(14)5-9)8-2-4-15-7-8/h1,3,5-6,8H,2,4,7H2/t8-/m1/s1. The van der Waals surface area contributed by atoms with Crippen molar-refractivity contribution in [3.05, 3.63) is 36.0 Å². The van der Waals surface area contributed by atoms with Crippen LogP contribution in [0.1, 0.15) is 18.0 Å². The van der Waals surface area contributed by atoms with Gasteiger partial charge in [0.2, 0.25) is 0 Å². The molecule has 0 radical (unpaired) electrons. The van der Waals surface area contributed by atoms with Crippen LogP contribution >= 0.6 is 0 Å². The molecule has 1 aliphatic rings. The van der Waals surface area contributed by atoms with Gasteiger partial charge >= 0.3 is 0 Å². The van der Waals surface area contributed by atoms with Crippen molar-refractivity contribution in [1.29, 1.82) is 0 Å². The molecule has 1 aliphatic heterocycles. The van der Waals surface area contributed by atoms with E-state index in [1.165, 1.54) is 12.1 Å². The minimum atomic E-state index is -0.248. The first-order valence-electron chi connectivity index (χ1n) is 5.05. The average molecular weight is 206 g/mol.